The van der Waals surface area contributed by atoms with E-state index in [1.165, 1.54) is 17.4 Å². The molecule has 1 fully saturated rings. The number of thiazole rings is 1. The number of rotatable bonds is 5. The van der Waals surface area contributed by atoms with Crippen molar-refractivity contribution in [2.75, 3.05) is 13.6 Å². The quantitative estimate of drug-likeness (QED) is 0.321. The standard InChI is InChI=1S/C26H27ClN8O4S/c1-12-33-34-25(39-12)13-3-5-17(29-23(37)21-28-16-6-4-14(27)10-15(16)22(36)32-21)19(9-13)30-24(38)26-31-18-7-8-35(2)11-20(18)40-26/h4,6,10,13,17,19H,3,5,7-9,11H2,1-2H3,(H,29,37)(H,30,38)(H,28,32,36). The van der Waals surface area contributed by atoms with Crippen molar-refractivity contribution >= 4 is 45.7 Å². The molecule has 0 bridgehead atoms. The van der Waals surface area contributed by atoms with Crippen LogP contribution in [0.4, 0.5) is 0 Å². The number of nitrogens with zero attached hydrogens (tertiary/aromatic N) is 5. The van der Waals surface area contributed by atoms with Crippen molar-refractivity contribution in [2.45, 2.75) is 57.2 Å². The molecule has 3 N–H and O–H groups in total. The van der Waals surface area contributed by atoms with Crippen LogP contribution < -0.4 is 16.2 Å². The number of H-pyrrole nitrogens is 1. The zero-order valence-corrected chi connectivity index (χ0v) is 23.4. The van der Waals surface area contributed by atoms with E-state index >= 15 is 0 Å². The molecule has 3 atom stereocenters. The SMILES string of the molecule is Cc1nnc(C2CCC(NC(=O)c3nc4ccc(Cl)cc4c(=O)[nH]3)C(NC(=O)c3nc4c(s3)CN(C)CC4)C2)o1. The molecule has 1 aliphatic heterocycles. The maximum absolute atomic E-state index is 13.4. The number of carbonyl (C=O) groups is 2. The predicted molar refractivity (Wildman–Crippen MR) is 148 cm³/mol. The van der Waals surface area contributed by atoms with Crippen LogP contribution >= 0.6 is 22.9 Å². The Labute approximate surface area is 237 Å². The third kappa shape index (κ3) is 5.36. The molecule has 4 aromatic rings. The van der Waals surface area contributed by atoms with Gasteiger partial charge < -0.3 is 24.9 Å². The molecule has 12 nitrogen and oxygen atoms in total. The van der Waals surface area contributed by atoms with Crippen LogP contribution in [0.25, 0.3) is 10.9 Å². The van der Waals surface area contributed by atoms with Crippen LogP contribution in [-0.2, 0) is 13.0 Å². The first-order valence-corrected chi connectivity index (χ1v) is 14.2. The summed E-state index contributed by atoms with van der Waals surface area (Å²) in [4.78, 5) is 54.0. The zero-order valence-electron chi connectivity index (χ0n) is 21.9. The molecule has 2 amide bonds. The molecule has 0 saturated heterocycles. The number of hydrogen-bond donors (Lipinski definition) is 3. The second kappa shape index (κ2) is 10.7. The normalized spacial score (nSPS) is 21.2. The van der Waals surface area contributed by atoms with Gasteiger partial charge in [0.05, 0.1) is 22.6 Å². The molecule has 3 aromatic heterocycles. The van der Waals surface area contributed by atoms with Crippen LogP contribution in [0.1, 0.15) is 68.0 Å². The predicted octanol–water partition coefficient (Wildman–Crippen LogP) is 2.58. The third-order valence-electron chi connectivity index (χ3n) is 7.37. The number of aryl methyl sites for hydroxylation is 1. The molecule has 208 valence electrons. The van der Waals surface area contributed by atoms with Crippen molar-refractivity contribution in [1.29, 1.82) is 0 Å². The number of benzene rings is 1. The van der Waals surface area contributed by atoms with Crippen molar-refractivity contribution in [1.82, 2.24) is 40.7 Å². The lowest BCUT2D eigenvalue weighted by atomic mass is 9.82. The van der Waals surface area contributed by atoms with Crippen molar-refractivity contribution in [3.63, 3.8) is 0 Å². The third-order valence-corrected chi connectivity index (χ3v) is 8.69. The summed E-state index contributed by atoms with van der Waals surface area (Å²) in [5, 5.41) is 15.3. The summed E-state index contributed by atoms with van der Waals surface area (Å²) >= 11 is 7.40. The van der Waals surface area contributed by atoms with Gasteiger partial charge in [0, 0.05) is 48.3 Å². The Morgan fingerprint density at radius 1 is 1.15 bits per heavy atom. The van der Waals surface area contributed by atoms with Gasteiger partial charge in [-0.15, -0.1) is 21.5 Å². The van der Waals surface area contributed by atoms with E-state index in [9.17, 15) is 14.4 Å². The highest BCUT2D eigenvalue weighted by molar-refractivity contribution is 7.13. The minimum Gasteiger partial charge on any atom is -0.425 e. The number of fused-ring (bicyclic) bond motifs is 2. The molecule has 6 rings (SSSR count). The number of likely N-dealkylation sites (N-methyl/N-ethyl adjacent to an activating group) is 1. The minimum atomic E-state index is -0.543. The summed E-state index contributed by atoms with van der Waals surface area (Å²) < 4.78 is 5.68. The van der Waals surface area contributed by atoms with E-state index in [4.69, 9.17) is 16.0 Å². The topological polar surface area (TPSA) is 159 Å². The average Bonchev–Trinajstić information content (AvgIpc) is 3.56. The molecule has 1 aliphatic carbocycles. The summed E-state index contributed by atoms with van der Waals surface area (Å²) in [6.45, 7) is 3.40. The summed E-state index contributed by atoms with van der Waals surface area (Å²) in [6.07, 6.45) is 2.48. The van der Waals surface area contributed by atoms with Gasteiger partial charge in [0.2, 0.25) is 11.8 Å². The lowest BCUT2D eigenvalue weighted by Gasteiger charge is -2.35. The maximum Gasteiger partial charge on any atom is 0.287 e. The molecule has 0 radical (unpaired) electrons. The van der Waals surface area contributed by atoms with E-state index in [0.717, 1.165) is 30.1 Å². The fourth-order valence-electron chi connectivity index (χ4n) is 5.31. The lowest BCUT2D eigenvalue weighted by Crippen LogP contribution is -2.54. The largest absolute Gasteiger partial charge is 0.425 e. The van der Waals surface area contributed by atoms with Crippen LogP contribution in [0.2, 0.25) is 5.02 Å². The Morgan fingerprint density at radius 2 is 1.98 bits per heavy atom. The van der Waals surface area contributed by atoms with Crippen molar-refractivity contribution in [3.8, 4) is 0 Å². The van der Waals surface area contributed by atoms with Gasteiger partial charge in [-0.1, -0.05) is 11.6 Å². The number of halogens is 1. The van der Waals surface area contributed by atoms with Crippen LogP contribution in [0.5, 0.6) is 0 Å². The van der Waals surface area contributed by atoms with Gasteiger partial charge in [-0.3, -0.25) is 14.4 Å². The van der Waals surface area contributed by atoms with Crippen LogP contribution in [0.15, 0.2) is 27.4 Å². The Bertz CT molecular complexity index is 1670. The van der Waals surface area contributed by atoms with Gasteiger partial charge in [0.25, 0.3) is 17.4 Å². The minimum absolute atomic E-state index is 0.0823. The summed E-state index contributed by atoms with van der Waals surface area (Å²) in [5.41, 5.74) is 0.863. The first-order chi connectivity index (χ1) is 19.2. The fraction of sp³-hybridized carbons (Fsp3) is 0.423. The number of aromatic nitrogens is 5. The van der Waals surface area contributed by atoms with Crippen molar-refractivity contribution in [3.05, 3.63) is 66.8 Å². The van der Waals surface area contributed by atoms with Crippen molar-refractivity contribution in [2.24, 2.45) is 0 Å². The summed E-state index contributed by atoms with van der Waals surface area (Å²) in [7, 11) is 2.05. The first kappa shape index (κ1) is 26.5. The second-order valence-electron chi connectivity index (χ2n) is 10.3. The van der Waals surface area contributed by atoms with Crippen LogP contribution in [-0.4, -0.2) is 67.5 Å². The number of aromatic amines is 1. The van der Waals surface area contributed by atoms with Gasteiger partial charge in [-0.25, -0.2) is 9.97 Å². The molecule has 14 heteroatoms. The molecule has 1 aromatic carbocycles. The monoisotopic (exact) mass is 582 g/mol. The Hall–Kier alpha value is -3.68. The average molecular weight is 583 g/mol. The number of carbonyl (C=O) groups excluding carboxylic acids is 2. The highest BCUT2D eigenvalue weighted by atomic mass is 35.5. The van der Waals surface area contributed by atoms with Crippen molar-refractivity contribution < 1.29 is 14.0 Å². The van der Waals surface area contributed by atoms with E-state index < -0.39 is 23.6 Å². The molecule has 0 spiro atoms. The van der Waals surface area contributed by atoms with E-state index in [-0.39, 0.29) is 17.6 Å². The first-order valence-electron chi connectivity index (χ1n) is 13.0. The number of hydrogen-bond acceptors (Lipinski definition) is 10. The van der Waals surface area contributed by atoms with Gasteiger partial charge in [0.1, 0.15) is 0 Å². The Balaban J connectivity index is 1.23. The molecule has 40 heavy (non-hydrogen) atoms. The molecule has 2 aliphatic rings. The Kier molecular flexibility index (Phi) is 7.11. The van der Waals surface area contributed by atoms with Gasteiger partial charge in [-0.2, -0.15) is 0 Å². The van der Waals surface area contributed by atoms with E-state index in [0.29, 0.717) is 52.0 Å². The lowest BCUT2D eigenvalue weighted by molar-refractivity contribution is 0.0847. The maximum atomic E-state index is 13.4. The van der Waals surface area contributed by atoms with E-state index in [1.54, 1.807) is 19.1 Å². The smallest absolute Gasteiger partial charge is 0.287 e. The number of amides is 2. The highest BCUT2D eigenvalue weighted by Gasteiger charge is 2.36. The van der Waals surface area contributed by atoms with Crippen LogP contribution in [0.3, 0.4) is 0 Å². The Morgan fingerprint density at radius 3 is 2.77 bits per heavy atom. The molecule has 3 unspecified atom stereocenters. The van der Waals surface area contributed by atoms with Crippen LogP contribution in [0, 0.1) is 6.92 Å². The second-order valence-corrected chi connectivity index (χ2v) is 11.8. The molecular weight excluding hydrogens is 556 g/mol. The van der Waals surface area contributed by atoms with Gasteiger partial charge in [0.15, 0.2) is 10.8 Å². The molecule has 1 saturated carbocycles. The fourth-order valence-corrected chi connectivity index (χ4v) is 6.57. The number of nitrogens with one attached hydrogen (secondary N) is 3. The highest BCUT2D eigenvalue weighted by Crippen LogP contribution is 2.33. The molecular formula is C26H27ClN8O4S. The van der Waals surface area contributed by atoms with E-state index in [2.05, 4.69) is 40.7 Å². The zero-order chi connectivity index (χ0) is 28.0. The summed E-state index contributed by atoms with van der Waals surface area (Å²) in [5.74, 6) is -0.0522. The summed E-state index contributed by atoms with van der Waals surface area (Å²) in [6, 6.07) is 3.83. The van der Waals surface area contributed by atoms with E-state index in [1.807, 2.05) is 7.05 Å². The van der Waals surface area contributed by atoms with Gasteiger partial charge >= 0.3 is 0 Å². The van der Waals surface area contributed by atoms with Gasteiger partial charge in [-0.05, 0) is 44.5 Å². The molecule has 4 heterocycles.